The van der Waals surface area contributed by atoms with Crippen LogP contribution in [0, 0.1) is 5.82 Å². The molecule has 0 aromatic heterocycles. The Labute approximate surface area is 106 Å². The average molecular weight is 248 g/mol. The van der Waals surface area contributed by atoms with E-state index < -0.39 is 0 Å². The van der Waals surface area contributed by atoms with E-state index in [9.17, 15) is 9.18 Å². The lowest BCUT2D eigenvalue weighted by molar-refractivity contribution is 0.190. The molecule has 0 radical (unpaired) electrons. The van der Waals surface area contributed by atoms with Crippen LogP contribution in [-0.4, -0.2) is 24.0 Å². The second-order valence-electron chi connectivity index (χ2n) is 4.35. The molecule has 0 spiro atoms. The maximum Gasteiger partial charge on any atom is 0.321 e. The minimum absolute atomic E-state index is 0.109. The molecule has 3 nitrogen and oxygen atoms in total. The maximum atomic E-state index is 13.3. The van der Waals surface area contributed by atoms with E-state index in [4.69, 9.17) is 0 Å². The topological polar surface area (TPSA) is 32.3 Å². The van der Waals surface area contributed by atoms with Gasteiger partial charge >= 0.3 is 6.03 Å². The van der Waals surface area contributed by atoms with Crippen LogP contribution < -0.4 is 5.32 Å². The van der Waals surface area contributed by atoms with Crippen molar-refractivity contribution < 1.29 is 9.18 Å². The fourth-order valence-corrected chi connectivity index (χ4v) is 2.00. The van der Waals surface area contributed by atoms with Crippen LogP contribution in [0.1, 0.15) is 24.8 Å². The summed E-state index contributed by atoms with van der Waals surface area (Å²) in [6.07, 6.45) is 6.37. The molecule has 1 N–H and O–H groups in total. The summed E-state index contributed by atoms with van der Waals surface area (Å²) in [5.74, 6) is -0.291. The number of hydrogen-bond acceptors (Lipinski definition) is 1. The van der Waals surface area contributed by atoms with Gasteiger partial charge in [-0.05, 0) is 31.4 Å². The summed E-state index contributed by atoms with van der Waals surface area (Å²) in [6, 6.07) is 6.35. The molecule has 1 heterocycles. The quantitative estimate of drug-likeness (QED) is 0.857. The number of carbonyl (C=O) groups is 1. The van der Waals surface area contributed by atoms with E-state index in [1.165, 1.54) is 18.7 Å². The van der Waals surface area contributed by atoms with Crippen LogP contribution >= 0.6 is 0 Å². The van der Waals surface area contributed by atoms with Gasteiger partial charge < -0.3 is 10.2 Å². The van der Waals surface area contributed by atoms with Gasteiger partial charge in [-0.15, -0.1) is 0 Å². The van der Waals surface area contributed by atoms with Crippen molar-refractivity contribution in [1.29, 1.82) is 0 Å². The normalized spacial score (nSPS) is 15.9. The van der Waals surface area contributed by atoms with Gasteiger partial charge in [0.15, 0.2) is 0 Å². The molecule has 18 heavy (non-hydrogen) atoms. The highest BCUT2D eigenvalue weighted by atomic mass is 19.1. The molecule has 2 rings (SSSR count). The summed E-state index contributed by atoms with van der Waals surface area (Å²) in [5.41, 5.74) is 0.469. The summed E-state index contributed by atoms with van der Waals surface area (Å²) in [6.45, 7) is 1.61. The minimum Gasteiger partial charge on any atom is -0.325 e. The maximum absolute atomic E-state index is 13.3. The predicted octanol–water partition coefficient (Wildman–Crippen LogP) is 2.99. The number of hydrogen-bond donors (Lipinski definition) is 1. The molecule has 0 saturated carbocycles. The number of nitrogens with zero attached hydrogens (tertiary/aromatic N) is 1. The third-order valence-corrected chi connectivity index (χ3v) is 3.02. The molecule has 0 atom stereocenters. The van der Waals surface area contributed by atoms with Crippen LogP contribution in [0.5, 0.6) is 0 Å². The Morgan fingerprint density at radius 1 is 1.22 bits per heavy atom. The van der Waals surface area contributed by atoms with Gasteiger partial charge in [0.25, 0.3) is 0 Å². The zero-order valence-corrected chi connectivity index (χ0v) is 10.2. The summed E-state index contributed by atoms with van der Waals surface area (Å²) in [7, 11) is 0. The average Bonchev–Trinajstić information content (AvgIpc) is 2.42. The van der Waals surface area contributed by atoms with Crippen molar-refractivity contribution in [2.24, 2.45) is 0 Å². The van der Waals surface area contributed by atoms with E-state index in [-0.39, 0.29) is 11.8 Å². The van der Waals surface area contributed by atoms with Gasteiger partial charge in [0.2, 0.25) is 0 Å². The van der Waals surface area contributed by atoms with Crippen LogP contribution in [0.4, 0.5) is 9.18 Å². The second-order valence-corrected chi connectivity index (χ2v) is 4.35. The number of rotatable bonds is 2. The highest BCUT2D eigenvalue weighted by Crippen LogP contribution is 2.09. The Kier molecular flexibility index (Phi) is 4.34. The van der Waals surface area contributed by atoms with E-state index in [1.807, 2.05) is 0 Å². The predicted molar refractivity (Wildman–Crippen MR) is 69.4 cm³/mol. The van der Waals surface area contributed by atoms with Crippen molar-refractivity contribution in [2.75, 3.05) is 13.1 Å². The molecule has 96 valence electrons. The number of likely N-dealkylation sites (tertiary alicyclic amines) is 1. The molecule has 0 bridgehead atoms. The van der Waals surface area contributed by atoms with E-state index in [0.29, 0.717) is 5.56 Å². The molecule has 1 aromatic carbocycles. The fraction of sp³-hybridized carbons (Fsp3) is 0.357. The van der Waals surface area contributed by atoms with Crippen LogP contribution in [0.15, 0.2) is 30.5 Å². The first-order chi connectivity index (χ1) is 8.77. The molecule has 1 aromatic rings. The van der Waals surface area contributed by atoms with E-state index >= 15 is 0 Å². The smallest absolute Gasteiger partial charge is 0.321 e. The summed E-state index contributed by atoms with van der Waals surface area (Å²) in [4.78, 5) is 13.5. The lowest BCUT2D eigenvalue weighted by Gasteiger charge is -2.26. The fourth-order valence-electron chi connectivity index (χ4n) is 2.00. The van der Waals surface area contributed by atoms with Crippen molar-refractivity contribution in [2.45, 2.75) is 19.3 Å². The Hall–Kier alpha value is -1.84. The van der Waals surface area contributed by atoms with Gasteiger partial charge in [0, 0.05) is 24.9 Å². The van der Waals surface area contributed by atoms with Crippen LogP contribution in [0.2, 0.25) is 0 Å². The summed E-state index contributed by atoms with van der Waals surface area (Å²) in [5, 5.41) is 2.67. The van der Waals surface area contributed by atoms with Crippen molar-refractivity contribution in [1.82, 2.24) is 10.2 Å². The van der Waals surface area contributed by atoms with Crippen LogP contribution in [-0.2, 0) is 0 Å². The number of halogens is 1. The molecule has 4 heteroatoms. The lowest BCUT2D eigenvalue weighted by atomic mass is 10.1. The zero-order valence-electron chi connectivity index (χ0n) is 10.2. The Morgan fingerprint density at radius 2 is 1.94 bits per heavy atom. The van der Waals surface area contributed by atoms with Gasteiger partial charge in [-0.1, -0.05) is 18.2 Å². The van der Waals surface area contributed by atoms with Crippen molar-refractivity contribution in [3.05, 3.63) is 41.8 Å². The first-order valence-electron chi connectivity index (χ1n) is 6.24. The Bertz CT molecular complexity index is 439. The second kappa shape index (κ2) is 6.19. The first-order valence-corrected chi connectivity index (χ1v) is 6.24. The number of piperidine rings is 1. The molecule has 2 amide bonds. The van der Waals surface area contributed by atoms with E-state index in [1.54, 1.807) is 29.2 Å². The molecular formula is C14H17FN2O. The first kappa shape index (κ1) is 12.6. The highest BCUT2D eigenvalue weighted by Gasteiger charge is 2.14. The van der Waals surface area contributed by atoms with Gasteiger partial charge in [0.1, 0.15) is 5.82 Å². The molecular weight excluding hydrogens is 231 g/mol. The van der Waals surface area contributed by atoms with Gasteiger partial charge in [0.05, 0.1) is 0 Å². The number of benzene rings is 1. The van der Waals surface area contributed by atoms with E-state index in [2.05, 4.69) is 5.32 Å². The van der Waals surface area contributed by atoms with Gasteiger partial charge in [-0.3, -0.25) is 0 Å². The Morgan fingerprint density at radius 3 is 2.67 bits per heavy atom. The number of nitrogens with one attached hydrogen (secondary N) is 1. The standard InChI is InChI=1S/C14H17FN2O/c15-13-7-3-2-6-12(13)8-9-16-14(18)17-10-4-1-5-11-17/h2-3,6-9H,1,4-5,10-11H2,(H,16,18)/b9-8+. The largest absolute Gasteiger partial charge is 0.325 e. The molecule has 1 fully saturated rings. The third kappa shape index (κ3) is 3.32. The SMILES string of the molecule is O=C(N/C=C/c1ccccc1F)N1CCCCC1. The molecule has 1 aliphatic heterocycles. The third-order valence-electron chi connectivity index (χ3n) is 3.02. The van der Waals surface area contributed by atoms with E-state index in [0.717, 1.165) is 25.9 Å². The zero-order chi connectivity index (χ0) is 12.8. The van der Waals surface area contributed by atoms with Crippen LogP contribution in [0.25, 0.3) is 6.08 Å². The molecule has 0 aliphatic carbocycles. The Balaban J connectivity index is 1.87. The highest BCUT2D eigenvalue weighted by molar-refractivity contribution is 5.76. The number of urea groups is 1. The number of amides is 2. The summed E-state index contributed by atoms with van der Waals surface area (Å²) >= 11 is 0. The van der Waals surface area contributed by atoms with Crippen molar-refractivity contribution in [3.8, 4) is 0 Å². The van der Waals surface area contributed by atoms with Gasteiger partial charge in [-0.2, -0.15) is 0 Å². The molecule has 1 saturated heterocycles. The molecule has 0 unspecified atom stereocenters. The monoisotopic (exact) mass is 248 g/mol. The van der Waals surface area contributed by atoms with Crippen molar-refractivity contribution in [3.63, 3.8) is 0 Å². The molecule has 1 aliphatic rings. The van der Waals surface area contributed by atoms with Crippen molar-refractivity contribution >= 4 is 12.1 Å². The minimum atomic E-state index is -0.291. The summed E-state index contributed by atoms with van der Waals surface area (Å²) < 4.78 is 13.3. The lowest BCUT2D eigenvalue weighted by Crippen LogP contribution is -2.40. The van der Waals surface area contributed by atoms with Gasteiger partial charge in [-0.25, -0.2) is 9.18 Å². The number of carbonyl (C=O) groups excluding carboxylic acids is 1. The van der Waals surface area contributed by atoms with Crippen LogP contribution in [0.3, 0.4) is 0 Å².